The molecule has 1 aromatic heterocycles. The highest BCUT2D eigenvalue weighted by molar-refractivity contribution is 6.30. The van der Waals surface area contributed by atoms with Crippen molar-refractivity contribution in [3.63, 3.8) is 0 Å². The summed E-state index contributed by atoms with van der Waals surface area (Å²) in [5, 5.41) is 19.0. The Morgan fingerprint density at radius 2 is 2.05 bits per heavy atom. The van der Waals surface area contributed by atoms with E-state index in [9.17, 15) is 5.26 Å². The minimum absolute atomic E-state index is 0.385. The summed E-state index contributed by atoms with van der Waals surface area (Å²) >= 11 is 5.91. The van der Waals surface area contributed by atoms with Crippen LogP contribution < -0.4 is 4.90 Å². The summed E-state index contributed by atoms with van der Waals surface area (Å²) in [6, 6.07) is 9.90. The summed E-state index contributed by atoms with van der Waals surface area (Å²) in [5.74, 6) is 0.698. The first-order chi connectivity index (χ1) is 10.7. The van der Waals surface area contributed by atoms with Crippen LogP contribution in [-0.4, -0.2) is 27.6 Å². The standard InChI is InChI=1S/C16H18ClN5/c1-2-13-5-3-4-10-21(13)16-15(11-18)19-22(20-16)14-8-6-12(17)7-9-14/h6-9,13H,2-5,10H2,1H3/t13-/m1/s1. The van der Waals surface area contributed by atoms with Gasteiger partial charge >= 0.3 is 0 Å². The number of hydrogen-bond acceptors (Lipinski definition) is 4. The topological polar surface area (TPSA) is 57.7 Å². The van der Waals surface area contributed by atoms with Crippen molar-refractivity contribution >= 4 is 17.4 Å². The van der Waals surface area contributed by atoms with E-state index in [1.165, 1.54) is 11.2 Å². The maximum Gasteiger partial charge on any atom is 0.207 e. The molecule has 2 aromatic rings. The third kappa shape index (κ3) is 2.79. The lowest BCUT2D eigenvalue weighted by Gasteiger charge is -2.35. The Bertz CT molecular complexity index is 686. The molecule has 3 rings (SSSR count). The van der Waals surface area contributed by atoms with Crippen molar-refractivity contribution in [3.8, 4) is 11.8 Å². The fraction of sp³-hybridized carbons (Fsp3) is 0.438. The van der Waals surface area contributed by atoms with E-state index >= 15 is 0 Å². The molecule has 2 heterocycles. The largest absolute Gasteiger partial charge is 0.350 e. The van der Waals surface area contributed by atoms with E-state index < -0.39 is 0 Å². The second-order valence-electron chi connectivity index (χ2n) is 5.50. The van der Waals surface area contributed by atoms with Gasteiger partial charge in [0, 0.05) is 17.6 Å². The number of nitriles is 1. The van der Waals surface area contributed by atoms with E-state index in [2.05, 4.69) is 28.1 Å². The fourth-order valence-electron chi connectivity index (χ4n) is 2.96. The highest BCUT2D eigenvalue weighted by atomic mass is 35.5. The first kappa shape index (κ1) is 14.9. The van der Waals surface area contributed by atoms with Gasteiger partial charge in [-0.1, -0.05) is 18.5 Å². The van der Waals surface area contributed by atoms with Crippen molar-refractivity contribution in [2.75, 3.05) is 11.4 Å². The highest BCUT2D eigenvalue weighted by Gasteiger charge is 2.26. The SMILES string of the molecule is CC[C@@H]1CCCCN1c1nn(-c2ccc(Cl)cc2)nc1C#N. The van der Waals surface area contributed by atoms with Crippen molar-refractivity contribution < 1.29 is 0 Å². The van der Waals surface area contributed by atoms with E-state index in [1.807, 2.05) is 12.1 Å². The van der Waals surface area contributed by atoms with Gasteiger partial charge in [0.15, 0.2) is 5.82 Å². The smallest absolute Gasteiger partial charge is 0.207 e. The molecule has 0 amide bonds. The monoisotopic (exact) mass is 315 g/mol. The number of hydrogen-bond donors (Lipinski definition) is 0. The maximum absolute atomic E-state index is 9.40. The Morgan fingerprint density at radius 1 is 1.27 bits per heavy atom. The Morgan fingerprint density at radius 3 is 2.73 bits per heavy atom. The quantitative estimate of drug-likeness (QED) is 0.869. The van der Waals surface area contributed by atoms with Crippen molar-refractivity contribution in [1.82, 2.24) is 15.0 Å². The molecule has 1 aliphatic heterocycles. The lowest BCUT2D eigenvalue weighted by molar-refractivity contribution is 0.446. The molecule has 1 atom stereocenters. The molecule has 5 nitrogen and oxygen atoms in total. The van der Waals surface area contributed by atoms with Crippen LogP contribution >= 0.6 is 11.6 Å². The van der Waals surface area contributed by atoms with Gasteiger partial charge in [0.25, 0.3) is 0 Å². The van der Waals surface area contributed by atoms with E-state index in [0.29, 0.717) is 22.6 Å². The molecular formula is C16H18ClN5. The number of anilines is 1. The zero-order chi connectivity index (χ0) is 15.5. The molecule has 22 heavy (non-hydrogen) atoms. The molecule has 1 saturated heterocycles. The van der Waals surface area contributed by atoms with Gasteiger partial charge in [-0.05, 0) is 49.9 Å². The predicted octanol–water partition coefficient (Wildman–Crippen LogP) is 3.56. The van der Waals surface area contributed by atoms with Gasteiger partial charge in [-0.3, -0.25) is 0 Å². The molecule has 1 aromatic carbocycles. The predicted molar refractivity (Wildman–Crippen MR) is 86.4 cm³/mol. The number of benzene rings is 1. The first-order valence-electron chi connectivity index (χ1n) is 7.63. The summed E-state index contributed by atoms with van der Waals surface area (Å²) in [6.07, 6.45) is 4.57. The Kier molecular flexibility index (Phi) is 4.30. The number of piperidine rings is 1. The number of aromatic nitrogens is 3. The van der Waals surface area contributed by atoms with E-state index in [-0.39, 0.29) is 0 Å². The number of rotatable bonds is 3. The Balaban J connectivity index is 1.98. The van der Waals surface area contributed by atoms with Crippen molar-refractivity contribution in [2.24, 2.45) is 0 Å². The molecule has 0 saturated carbocycles. The summed E-state index contributed by atoms with van der Waals surface area (Å²) in [4.78, 5) is 3.76. The van der Waals surface area contributed by atoms with Gasteiger partial charge in [-0.2, -0.15) is 5.26 Å². The summed E-state index contributed by atoms with van der Waals surface area (Å²) in [6.45, 7) is 3.12. The number of nitrogens with zero attached hydrogens (tertiary/aromatic N) is 5. The third-order valence-electron chi connectivity index (χ3n) is 4.13. The van der Waals surface area contributed by atoms with Gasteiger partial charge in [0.1, 0.15) is 6.07 Å². The summed E-state index contributed by atoms with van der Waals surface area (Å²) in [7, 11) is 0. The average Bonchev–Trinajstić information content (AvgIpc) is 2.99. The molecule has 0 radical (unpaired) electrons. The zero-order valence-electron chi connectivity index (χ0n) is 12.5. The normalized spacial score (nSPS) is 18.2. The second kappa shape index (κ2) is 6.37. The number of halogens is 1. The zero-order valence-corrected chi connectivity index (χ0v) is 13.3. The Hall–Kier alpha value is -2.06. The first-order valence-corrected chi connectivity index (χ1v) is 8.00. The van der Waals surface area contributed by atoms with Crippen molar-refractivity contribution in [1.29, 1.82) is 5.26 Å². The third-order valence-corrected chi connectivity index (χ3v) is 4.38. The van der Waals surface area contributed by atoms with Crippen LogP contribution in [0.5, 0.6) is 0 Å². The van der Waals surface area contributed by atoms with Gasteiger partial charge in [0.2, 0.25) is 5.69 Å². The molecule has 114 valence electrons. The van der Waals surface area contributed by atoms with Crippen LogP contribution in [0.2, 0.25) is 5.02 Å². The van der Waals surface area contributed by atoms with E-state index in [4.69, 9.17) is 11.6 Å². The lowest BCUT2D eigenvalue weighted by atomic mass is 10.00. The van der Waals surface area contributed by atoms with E-state index in [1.54, 1.807) is 12.1 Å². The van der Waals surface area contributed by atoms with Crippen molar-refractivity contribution in [3.05, 3.63) is 35.0 Å². The molecular weight excluding hydrogens is 298 g/mol. The maximum atomic E-state index is 9.40. The van der Waals surface area contributed by atoms with Crippen LogP contribution in [0, 0.1) is 11.3 Å². The lowest BCUT2D eigenvalue weighted by Crippen LogP contribution is -2.39. The van der Waals surface area contributed by atoms with Gasteiger partial charge < -0.3 is 4.90 Å². The van der Waals surface area contributed by atoms with Crippen LogP contribution in [0.3, 0.4) is 0 Å². The molecule has 0 unspecified atom stereocenters. The molecule has 0 N–H and O–H groups in total. The molecule has 6 heteroatoms. The van der Waals surface area contributed by atoms with Gasteiger partial charge in [-0.25, -0.2) is 0 Å². The average molecular weight is 316 g/mol. The summed E-state index contributed by atoms with van der Waals surface area (Å²) < 4.78 is 0. The summed E-state index contributed by atoms with van der Waals surface area (Å²) in [5.41, 5.74) is 1.19. The molecule has 0 spiro atoms. The van der Waals surface area contributed by atoms with Crippen molar-refractivity contribution in [2.45, 2.75) is 38.6 Å². The van der Waals surface area contributed by atoms with Crippen LogP contribution in [0.1, 0.15) is 38.3 Å². The molecule has 0 bridgehead atoms. The van der Waals surface area contributed by atoms with Gasteiger partial charge in [0.05, 0.1) is 5.69 Å². The van der Waals surface area contributed by atoms with Gasteiger partial charge in [-0.15, -0.1) is 15.0 Å². The van der Waals surface area contributed by atoms with Crippen LogP contribution in [0.25, 0.3) is 5.69 Å². The Labute approximate surface area is 135 Å². The second-order valence-corrected chi connectivity index (χ2v) is 5.94. The molecule has 0 aliphatic carbocycles. The molecule has 1 fully saturated rings. The molecule has 1 aliphatic rings. The van der Waals surface area contributed by atoms with E-state index in [0.717, 1.165) is 31.5 Å². The van der Waals surface area contributed by atoms with Crippen LogP contribution in [-0.2, 0) is 0 Å². The minimum atomic E-state index is 0.385. The van der Waals surface area contributed by atoms with Crippen LogP contribution in [0.15, 0.2) is 24.3 Å². The fourth-order valence-corrected chi connectivity index (χ4v) is 3.08. The highest BCUT2D eigenvalue weighted by Crippen LogP contribution is 2.27. The minimum Gasteiger partial charge on any atom is -0.350 e. The van der Waals surface area contributed by atoms with Crippen LogP contribution in [0.4, 0.5) is 5.82 Å².